The number of methoxy groups -OCH3 is 1. The third kappa shape index (κ3) is 4.21. The standard InChI is InChI=1S/C16H25BrN2O/c1-3-13-6-8-19(12-13)15-5-4-14(16(17)10-15)11-18-7-9-20-2/h4-5,10,13,18H,3,6-9,11-12H2,1-2H3. The molecule has 1 saturated heterocycles. The third-order valence-corrected chi connectivity index (χ3v) is 4.80. The first-order valence-corrected chi connectivity index (χ1v) is 8.27. The molecule has 0 radical (unpaired) electrons. The molecule has 1 atom stereocenters. The molecule has 2 rings (SSSR count). The van der Waals surface area contributed by atoms with Gasteiger partial charge in [0.1, 0.15) is 0 Å². The molecule has 0 aliphatic carbocycles. The summed E-state index contributed by atoms with van der Waals surface area (Å²) in [6.45, 7) is 7.20. The van der Waals surface area contributed by atoms with E-state index < -0.39 is 0 Å². The quantitative estimate of drug-likeness (QED) is 0.769. The maximum absolute atomic E-state index is 5.04. The molecular weight excluding hydrogens is 316 g/mol. The molecule has 1 N–H and O–H groups in total. The predicted molar refractivity (Wildman–Crippen MR) is 88.3 cm³/mol. The highest BCUT2D eigenvalue weighted by Crippen LogP contribution is 2.29. The van der Waals surface area contributed by atoms with E-state index in [1.54, 1.807) is 7.11 Å². The highest BCUT2D eigenvalue weighted by molar-refractivity contribution is 9.10. The number of ether oxygens (including phenoxy) is 1. The summed E-state index contributed by atoms with van der Waals surface area (Å²) in [4.78, 5) is 2.50. The van der Waals surface area contributed by atoms with Crippen LogP contribution in [0.5, 0.6) is 0 Å². The van der Waals surface area contributed by atoms with Gasteiger partial charge in [0.05, 0.1) is 6.61 Å². The van der Waals surface area contributed by atoms with Crippen molar-refractivity contribution < 1.29 is 4.74 Å². The van der Waals surface area contributed by atoms with Crippen LogP contribution in [0, 0.1) is 5.92 Å². The highest BCUT2D eigenvalue weighted by atomic mass is 79.9. The van der Waals surface area contributed by atoms with E-state index in [9.17, 15) is 0 Å². The van der Waals surface area contributed by atoms with Crippen LogP contribution in [0.3, 0.4) is 0 Å². The largest absolute Gasteiger partial charge is 0.383 e. The molecule has 1 aliphatic rings. The van der Waals surface area contributed by atoms with Crippen LogP contribution in [0.15, 0.2) is 22.7 Å². The van der Waals surface area contributed by atoms with Crippen molar-refractivity contribution in [2.24, 2.45) is 5.92 Å². The number of nitrogens with one attached hydrogen (secondary N) is 1. The Morgan fingerprint density at radius 1 is 1.45 bits per heavy atom. The molecule has 1 heterocycles. The maximum atomic E-state index is 5.04. The van der Waals surface area contributed by atoms with Gasteiger partial charge in [0.2, 0.25) is 0 Å². The van der Waals surface area contributed by atoms with Crippen LogP contribution in [-0.4, -0.2) is 33.4 Å². The number of nitrogens with zero attached hydrogens (tertiary/aromatic N) is 1. The average Bonchev–Trinajstić information content (AvgIpc) is 2.94. The minimum absolute atomic E-state index is 0.752. The van der Waals surface area contributed by atoms with Crippen molar-refractivity contribution in [3.05, 3.63) is 28.2 Å². The number of halogens is 1. The third-order valence-electron chi connectivity index (χ3n) is 4.06. The number of hydrogen-bond acceptors (Lipinski definition) is 3. The summed E-state index contributed by atoms with van der Waals surface area (Å²) in [5.41, 5.74) is 2.64. The van der Waals surface area contributed by atoms with Gasteiger partial charge in [-0.25, -0.2) is 0 Å². The molecule has 0 spiro atoms. The fourth-order valence-corrected chi connectivity index (χ4v) is 3.18. The van der Waals surface area contributed by atoms with Crippen LogP contribution in [-0.2, 0) is 11.3 Å². The molecular formula is C16H25BrN2O. The minimum atomic E-state index is 0.752. The smallest absolute Gasteiger partial charge is 0.0587 e. The van der Waals surface area contributed by atoms with Crippen LogP contribution in [0.2, 0.25) is 0 Å². The van der Waals surface area contributed by atoms with E-state index in [0.717, 1.165) is 25.6 Å². The number of hydrogen-bond donors (Lipinski definition) is 1. The van der Waals surface area contributed by atoms with Gasteiger partial charge >= 0.3 is 0 Å². The fourth-order valence-electron chi connectivity index (χ4n) is 2.67. The first-order chi connectivity index (χ1) is 9.74. The minimum Gasteiger partial charge on any atom is -0.383 e. The lowest BCUT2D eigenvalue weighted by Crippen LogP contribution is -2.20. The van der Waals surface area contributed by atoms with Crippen molar-refractivity contribution in [3.8, 4) is 0 Å². The van der Waals surface area contributed by atoms with Crippen molar-refractivity contribution in [2.75, 3.05) is 38.3 Å². The van der Waals surface area contributed by atoms with E-state index >= 15 is 0 Å². The lowest BCUT2D eigenvalue weighted by Gasteiger charge is -2.20. The van der Waals surface area contributed by atoms with Gasteiger partial charge in [-0.15, -0.1) is 0 Å². The zero-order valence-corrected chi connectivity index (χ0v) is 14.1. The lowest BCUT2D eigenvalue weighted by atomic mass is 10.1. The summed E-state index contributed by atoms with van der Waals surface area (Å²) in [7, 11) is 1.73. The first kappa shape index (κ1) is 15.8. The summed E-state index contributed by atoms with van der Waals surface area (Å²) in [5, 5.41) is 3.38. The lowest BCUT2D eigenvalue weighted by molar-refractivity contribution is 0.199. The van der Waals surface area contributed by atoms with Gasteiger partial charge in [0.15, 0.2) is 0 Å². The van der Waals surface area contributed by atoms with Crippen molar-refractivity contribution in [2.45, 2.75) is 26.3 Å². The van der Waals surface area contributed by atoms with Gasteiger partial charge in [-0.05, 0) is 30.0 Å². The molecule has 0 saturated carbocycles. The van der Waals surface area contributed by atoms with E-state index in [4.69, 9.17) is 4.74 Å². The number of rotatable bonds is 7. The molecule has 1 fully saturated rings. The van der Waals surface area contributed by atoms with Crippen LogP contribution >= 0.6 is 15.9 Å². The fraction of sp³-hybridized carbons (Fsp3) is 0.625. The molecule has 0 amide bonds. The molecule has 3 nitrogen and oxygen atoms in total. The molecule has 4 heteroatoms. The topological polar surface area (TPSA) is 24.5 Å². The van der Waals surface area contributed by atoms with E-state index in [1.165, 1.54) is 41.7 Å². The van der Waals surface area contributed by atoms with E-state index in [-0.39, 0.29) is 0 Å². The van der Waals surface area contributed by atoms with Crippen molar-refractivity contribution in [1.82, 2.24) is 5.32 Å². The van der Waals surface area contributed by atoms with Gasteiger partial charge in [-0.1, -0.05) is 35.3 Å². The van der Waals surface area contributed by atoms with Crippen LogP contribution in [0.4, 0.5) is 5.69 Å². The zero-order chi connectivity index (χ0) is 14.4. The first-order valence-electron chi connectivity index (χ1n) is 7.47. The van der Waals surface area contributed by atoms with E-state index in [0.29, 0.717) is 0 Å². The predicted octanol–water partition coefficient (Wildman–Crippen LogP) is 3.42. The van der Waals surface area contributed by atoms with E-state index in [2.05, 4.69) is 51.3 Å². The van der Waals surface area contributed by atoms with Gasteiger partial charge in [-0.2, -0.15) is 0 Å². The van der Waals surface area contributed by atoms with Gasteiger partial charge in [0, 0.05) is 43.4 Å². The zero-order valence-electron chi connectivity index (χ0n) is 12.5. The summed E-state index contributed by atoms with van der Waals surface area (Å²) < 4.78 is 6.23. The summed E-state index contributed by atoms with van der Waals surface area (Å²) >= 11 is 3.70. The Balaban J connectivity index is 1.92. The second-order valence-corrected chi connectivity index (χ2v) is 6.31. The molecule has 1 aromatic rings. The Kier molecular flexibility index (Phi) is 6.33. The van der Waals surface area contributed by atoms with Crippen molar-refractivity contribution >= 4 is 21.6 Å². The Labute approximate surface area is 130 Å². The second kappa shape index (κ2) is 8.01. The van der Waals surface area contributed by atoms with E-state index in [1.807, 2.05) is 0 Å². The Morgan fingerprint density at radius 2 is 2.30 bits per heavy atom. The number of anilines is 1. The molecule has 1 aromatic carbocycles. The Morgan fingerprint density at radius 3 is 2.95 bits per heavy atom. The van der Waals surface area contributed by atoms with Gasteiger partial charge in [-0.3, -0.25) is 0 Å². The van der Waals surface area contributed by atoms with Crippen LogP contribution in [0.1, 0.15) is 25.3 Å². The maximum Gasteiger partial charge on any atom is 0.0587 e. The monoisotopic (exact) mass is 340 g/mol. The molecule has 0 bridgehead atoms. The normalized spacial score (nSPS) is 18.8. The summed E-state index contributed by atoms with van der Waals surface area (Å²) in [6, 6.07) is 6.72. The van der Waals surface area contributed by atoms with Gasteiger partial charge < -0.3 is 15.0 Å². The molecule has 0 aromatic heterocycles. The SMILES string of the molecule is CCC1CCN(c2ccc(CNCCOC)c(Br)c2)C1. The summed E-state index contributed by atoms with van der Waals surface area (Å²) in [5.74, 6) is 0.865. The van der Waals surface area contributed by atoms with Gasteiger partial charge in [0.25, 0.3) is 0 Å². The molecule has 1 unspecified atom stereocenters. The molecule has 20 heavy (non-hydrogen) atoms. The average molecular weight is 341 g/mol. The molecule has 1 aliphatic heterocycles. The van der Waals surface area contributed by atoms with Crippen molar-refractivity contribution in [3.63, 3.8) is 0 Å². The Bertz CT molecular complexity index is 425. The molecule has 112 valence electrons. The van der Waals surface area contributed by atoms with Crippen LogP contribution in [0.25, 0.3) is 0 Å². The number of benzene rings is 1. The van der Waals surface area contributed by atoms with Crippen molar-refractivity contribution in [1.29, 1.82) is 0 Å². The summed E-state index contributed by atoms with van der Waals surface area (Å²) in [6.07, 6.45) is 2.62. The van der Waals surface area contributed by atoms with Crippen LogP contribution < -0.4 is 10.2 Å². The Hall–Kier alpha value is -0.580. The second-order valence-electron chi connectivity index (χ2n) is 5.45. The highest BCUT2D eigenvalue weighted by Gasteiger charge is 2.21.